The molecule has 0 bridgehead atoms. The molecule has 2 rings (SSSR count). The van der Waals surface area contributed by atoms with Crippen molar-refractivity contribution in [1.29, 1.82) is 0 Å². The molecular formula is C19H23N3O3. The molecule has 132 valence electrons. The van der Waals surface area contributed by atoms with Crippen LogP contribution in [0.1, 0.15) is 22.8 Å². The van der Waals surface area contributed by atoms with Gasteiger partial charge in [-0.1, -0.05) is 12.1 Å². The standard InChI is InChI=1S/C19H23N3O3/c1-13(22(2)12-14-4-10-17(25-3)11-5-14)19(24)21-16-8-6-15(7-9-16)18(20)23/h4-11,13H,12H2,1-3H3,(H2,20,23)(H,21,24)/t13-/m0/s1. The number of nitrogens with two attached hydrogens (primary N) is 1. The van der Waals surface area contributed by atoms with Crippen LogP contribution in [-0.2, 0) is 11.3 Å². The molecule has 0 aliphatic heterocycles. The number of hydrogen-bond acceptors (Lipinski definition) is 4. The van der Waals surface area contributed by atoms with Crippen molar-refractivity contribution in [2.24, 2.45) is 5.73 Å². The van der Waals surface area contributed by atoms with Crippen LogP contribution in [-0.4, -0.2) is 36.9 Å². The lowest BCUT2D eigenvalue weighted by atomic mass is 10.1. The number of methoxy groups -OCH3 is 1. The highest BCUT2D eigenvalue weighted by molar-refractivity contribution is 5.96. The van der Waals surface area contributed by atoms with E-state index >= 15 is 0 Å². The molecule has 25 heavy (non-hydrogen) atoms. The maximum Gasteiger partial charge on any atom is 0.248 e. The molecule has 0 saturated carbocycles. The maximum atomic E-state index is 12.4. The average molecular weight is 341 g/mol. The summed E-state index contributed by atoms with van der Waals surface area (Å²) in [6.45, 7) is 2.48. The van der Waals surface area contributed by atoms with Crippen molar-refractivity contribution in [3.8, 4) is 5.75 Å². The highest BCUT2D eigenvalue weighted by Crippen LogP contribution is 2.15. The molecule has 0 heterocycles. The quantitative estimate of drug-likeness (QED) is 0.809. The smallest absolute Gasteiger partial charge is 0.248 e. The number of benzene rings is 2. The summed E-state index contributed by atoms with van der Waals surface area (Å²) in [6.07, 6.45) is 0. The normalized spacial score (nSPS) is 11.8. The van der Waals surface area contributed by atoms with Crippen LogP contribution in [0.15, 0.2) is 48.5 Å². The zero-order valence-corrected chi connectivity index (χ0v) is 14.7. The van der Waals surface area contributed by atoms with Crippen LogP contribution in [0, 0.1) is 0 Å². The monoisotopic (exact) mass is 341 g/mol. The van der Waals surface area contributed by atoms with Crippen molar-refractivity contribution in [3.63, 3.8) is 0 Å². The zero-order valence-electron chi connectivity index (χ0n) is 14.7. The van der Waals surface area contributed by atoms with E-state index in [0.717, 1.165) is 11.3 Å². The van der Waals surface area contributed by atoms with Crippen molar-refractivity contribution in [2.45, 2.75) is 19.5 Å². The maximum absolute atomic E-state index is 12.4. The summed E-state index contributed by atoms with van der Waals surface area (Å²) in [7, 11) is 3.52. The van der Waals surface area contributed by atoms with Crippen LogP contribution in [0.2, 0.25) is 0 Å². The summed E-state index contributed by atoms with van der Waals surface area (Å²) in [5, 5.41) is 2.84. The molecule has 2 amide bonds. The Labute approximate surface area is 147 Å². The van der Waals surface area contributed by atoms with Gasteiger partial charge in [-0.15, -0.1) is 0 Å². The van der Waals surface area contributed by atoms with E-state index in [0.29, 0.717) is 17.8 Å². The van der Waals surface area contributed by atoms with Crippen LogP contribution < -0.4 is 15.8 Å². The minimum absolute atomic E-state index is 0.122. The van der Waals surface area contributed by atoms with Crippen molar-refractivity contribution in [2.75, 3.05) is 19.5 Å². The molecule has 0 fully saturated rings. The molecule has 6 heteroatoms. The summed E-state index contributed by atoms with van der Waals surface area (Å²) in [4.78, 5) is 25.4. The van der Waals surface area contributed by atoms with Gasteiger partial charge in [-0.05, 0) is 55.9 Å². The van der Waals surface area contributed by atoms with Crippen LogP contribution in [0.25, 0.3) is 0 Å². The fourth-order valence-electron chi connectivity index (χ4n) is 2.32. The van der Waals surface area contributed by atoms with Gasteiger partial charge in [-0.25, -0.2) is 0 Å². The molecule has 2 aromatic carbocycles. The van der Waals surface area contributed by atoms with E-state index in [1.54, 1.807) is 31.4 Å². The number of primary amides is 1. The van der Waals surface area contributed by atoms with Gasteiger partial charge < -0.3 is 15.8 Å². The van der Waals surface area contributed by atoms with Crippen LogP contribution in [0.5, 0.6) is 5.75 Å². The van der Waals surface area contributed by atoms with Gasteiger partial charge in [0.25, 0.3) is 0 Å². The highest BCUT2D eigenvalue weighted by Gasteiger charge is 2.18. The third kappa shape index (κ3) is 5.06. The Hall–Kier alpha value is -2.86. The van der Waals surface area contributed by atoms with E-state index in [1.807, 2.05) is 43.1 Å². The number of nitrogens with zero attached hydrogens (tertiary/aromatic N) is 1. The molecule has 0 aliphatic carbocycles. The Kier molecular flexibility index (Phi) is 6.14. The minimum atomic E-state index is -0.495. The van der Waals surface area contributed by atoms with Crippen molar-refractivity contribution >= 4 is 17.5 Å². The van der Waals surface area contributed by atoms with Crippen molar-refractivity contribution < 1.29 is 14.3 Å². The van der Waals surface area contributed by atoms with Crippen LogP contribution in [0.3, 0.4) is 0 Å². The largest absolute Gasteiger partial charge is 0.497 e. The molecule has 0 aliphatic rings. The molecule has 0 aromatic heterocycles. The Balaban J connectivity index is 1.94. The molecule has 2 aromatic rings. The summed E-state index contributed by atoms with van der Waals surface area (Å²) in [6, 6.07) is 13.9. The minimum Gasteiger partial charge on any atom is -0.497 e. The van der Waals surface area contributed by atoms with Gasteiger partial charge in [0.1, 0.15) is 5.75 Å². The number of amides is 2. The number of carbonyl (C=O) groups is 2. The predicted molar refractivity (Wildman–Crippen MR) is 97.5 cm³/mol. The first-order valence-electron chi connectivity index (χ1n) is 7.94. The number of likely N-dealkylation sites (N-methyl/N-ethyl adjacent to an activating group) is 1. The molecule has 0 saturated heterocycles. The van der Waals surface area contributed by atoms with E-state index in [9.17, 15) is 9.59 Å². The Morgan fingerprint density at radius 2 is 1.72 bits per heavy atom. The number of hydrogen-bond donors (Lipinski definition) is 2. The van der Waals surface area contributed by atoms with E-state index in [2.05, 4.69) is 5.32 Å². The van der Waals surface area contributed by atoms with Crippen molar-refractivity contribution in [1.82, 2.24) is 4.90 Å². The first kappa shape index (κ1) is 18.5. The third-order valence-electron chi connectivity index (χ3n) is 4.07. The lowest BCUT2D eigenvalue weighted by molar-refractivity contribution is -0.120. The summed E-state index contributed by atoms with van der Waals surface area (Å²) in [5.74, 6) is 0.185. The van der Waals surface area contributed by atoms with Gasteiger partial charge in [-0.2, -0.15) is 0 Å². The zero-order chi connectivity index (χ0) is 18.4. The Morgan fingerprint density at radius 1 is 1.12 bits per heavy atom. The summed E-state index contributed by atoms with van der Waals surface area (Å²) in [5.41, 5.74) is 7.33. The third-order valence-corrected chi connectivity index (χ3v) is 4.07. The molecule has 0 radical (unpaired) electrons. The summed E-state index contributed by atoms with van der Waals surface area (Å²) < 4.78 is 5.14. The van der Waals surface area contributed by atoms with Crippen LogP contribution >= 0.6 is 0 Å². The second-order valence-electron chi connectivity index (χ2n) is 5.87. The number of rotatable bonds is 7. The fourth-order valence-corrected chi connectivity index (χ4v) is 2.32. The first-order valence-corrected chi connectivity index (χ1v) is 7.94. The lowest BCUT2D eigenvalue weighted by Crippen LogP contribution is -2.39. The summed E-state index contributed by atoms with van der Waals surface area (Å²) >= 11 is 0. The number of nitrogens with one attached hydrogen (secondary N) is 1. The second kappa shape index (κ2) is 8.30. The van der Waals surface area contributed by atoms with Gasteiger partial charge in [0.05, 0.1) is 13.2 Å². The molecule has 0 unspecified atom stereocenters. The van der Waals surface area contributed by atoms with Crippen LogP contribution in [0.4, 0.5) is 5.69 Å². The number of ether oxygens (including phenoxy) is 1. The van der Waals surface area contributed by atoms with E-state index < -0.39 is 5.91 Å². The van der Waals surface area contributed by atoms with E-state index in [-0.39, 0.29) is 11.9 Å². The molecule has 3 N–H and O–H groups in total. The molecule has 0 spiro atoms. The second-order valence-corrected chi connectivity index (χ2v) is 5.87. The lowest BCUT2D eigenvalue weighted by Gasteiger charge is -2.24. The van der Waals surface area contributed by atoms with Gasteiger partial charge >= 0.3 is 0 Å². The predicted octanol–water partition coefficient (Wildman–Crippen LogP) is 2.25. The molecular weight excluding hydrogens is 318 g/mol. The average Bonchev–Trinajstić information content (AvgIpc) is 2.62. The Morgan fingerprint density at radius 3 is 2.24 bits per heavy atom. The highest BCUT2D eigenvalue weighted by atomic mass is 16.5. The fraction of sp³-hybridized carbons (Fsp3) is 0.263. The number of anilines is 1. The molecule has 1 atom stereocenters. The Bertz CT molecular complexity index is 727. The van der Waals surface area contributed by atoms with Gasteiger partial charge in [0.15, 0.2) is 0 Å². The molecule has 6 nitrogen and oxygen atoms in total. The van der Waals surface area contributed by atoms with E-state index in [4.69, 9.17) is 10.5 Å². The van der Waals surface area contributed by atoms with E-state index in [1.165, 1.54) is 0 Å². The number of carbonyl (C=O) groups excluding carboxylic acids is 2. The first-order chi connectivity index (χ1) is 11.9. The van der Waals surface area contributed by atoms with Gasteiger partial charge in [-0.3, -0.25) is 14.5 Å². The SMILES string of the molecule is COc1ccc(CN(C)[C@@H](C)C(=O)Nc2ccc(C(N)=O)cc2)cc1. The van der Waals surface area contributed by atoms with Crippen molar-refractivity contribution in [3.05, 3.63) is 59.7 Å². The van der Waals surface area contributed by atoms with Gasteiger partial charge in [0.2, 0.25) is 11.8 Å². The topological polar surface area (TPSA) is 84.7 Å². The van der Waals surface area contributed by atoms with Gasteiger partial charge in [0, 0.05) is 17.8 Å².